The normalized spacial score (nSPS) is 11.1. The Kier molecular flexibility index (Phi) is 3.87. The number of nitrogens with two attached hydrogens (primary N) is 2. The number of aromatic nitrogens is 1. The summed E-state index contributed by atoms with van der Waals surface area (Å²) in [4.78, 5) is 26.2. The lowest BCUT2D eigenvalue weighted by Crippen LogP contribution is -2.36. The Balaban J connectivity index is 2.89. The molecule has 18 heavy (non-hydrogen) atoms. The summed E-state index contributed by atoms with van der Waals surface area (Å²) in [6, 6.07) is 0. The van der Waals surface area contributed by atoms with Crippen LogP contribution in [0.1, 0.15) is 30.6 Å². The molecule has 1 rings (SSSR count). The fraction of sp³-hybridized carbons (Fsp3) is 0.364. The third kappa shape index (κ3) is 3.70. The van der Waals surface area contributed by atoms with E-state index in [2.05, 4.69) is 10.3 Å². The van der Waals surface area contributed by atoms with E-state index >= 15 is 0 Å². The second kappa shape index (κ2) is 5.01. The van der Waals surface area contributed by atoms with Crippen molar-refractivity contribution in [1.29, 1.82) is 0 Å². The number of carboxylic acids is 1. The van der Waals surface area contributed by atoms with E-state index in [1.54, 1.807) is 13.8 Å². The largest absolute Gasteiger partial charge is 0.478 e. The molecular weight excluding hydrogens is 236 g/mol. The quantitative estimate of drug-likeness (QED) is 0.614. The molecule has 0 unspecified atom stereocenters. The molecule has 0 aliphatic rings. The molecule has 0 bridgehead atoms. The summed E-state index contributed by atoms with van der Waals surface area (Å²) in [6.45, 7) is 3.42. The third-order valence-corrected chi connectivity index (χ3v) is 2.11. The van der Waals surface area contributed by atoms with E-state index in [9.17, 15) is 9.59 Å². The Morgan fingerprint density at radius 1 is 1.44 bits per heavy atom. The summed E-state index contributed by atoms with van der Waals surface area (Å²) in [5.41, 5.74) is 10.7. The van der Waals surface area contributed by atoms with Crippen LogP contribution in [0.15, 0.2) is 12.4 Å². The topological polar surface area (TPSA) is 131 Å². The molecule has 98 valence electrons. The van der Waals surface area contributed by atoms with Crippen LogP contribution >= 0.6 is 0 Å². The number of pyridine rings is 1. The van der Waals surface area contributed by atoms with Crippen LogP contribution in [0.3, 0.4) is 0 Å². The predicted octanol–water partition coefficient (Wildman–Crippen LogP) is 0.428. The number of aromatic carboxylic acids is 1. The first-order valence-corrected chi connectivity index (χ1v) is 5.26. The zero-order chi connectivity index (χ0) is 13.9. The maximum atomic E-state index is 11.6. The van der Waals surface area contributed by atoms with E-state index in [1.165, 1.54) is 6.20 Å². The molecule has 0 spiro atoms. The molecule has 6 N–H and O–H groups in total. The van der Waals surface area contributed by atoms with Crippen LogP contribution in [0, 0.1) is 0 Å². The molecule has 0 saturated carbocycles. The highest BCUT2D eigenvalue weighted by atomic mass is 16.4. The summed E-state index contributed by atoms with van der Waals surface area (Å²) in [6.07, 6.45) is 2.51. The van der Waals surface area contributed by atoms with Crippen LogP contribution in [0.25, 0.3) is 0 Å². The minimum Gasteiger partial charge on any atom is -0.478 e. The summed E-state index contributed by atoms with van der Waals surface area (Å²) in [5, 5.41) is 11.4. The fourth-order valence-electron chi connectivity index (χ4n) is 1.35. The van der Waals surface area contributed by atoms with Gasteiger partial charge in [-0.15, -0.1) is 0 Å². The minimum absolute atomic E-state index is 0.0272. The Labute approximate surface area is 104 Å². The maximum Gasteiger partial charge on any atom is 0.339 e. The van der Waals surface area contributed by atoms with Gasteiger partial charge in [0.2, 0.25) is 5.91 Å². The van der Waals surface area contributed by atoms with Crippen molar-refractivity contribution >= 4 is 23.3 Å². The Hall–Kier alpha value is -2.15. The number of carbonyl (C=O) groups excluding carboxylic acids is 1. The Morgan fingerprint density at radius 3 is 2.56 bits per heavy atom. The van der Waals surface area contributed by atoms with Gasteiger partial charge in [-0.3, -0.25) is 9.78 Å². The van der Waals surface area contributed by atoms with Crippen LogP contribution in [-0.2, 0) is 4.79 Å². The number of nitrogen functional groups attached to an aromatic ring is 1. The van der Waals surface area contributed by atoms with Gasteiger partial charge in [-0.1, -0.05) is 0 Å². The Morgan fingerprint density at radius 2 is 2.06 bits per heavy atom. The lowest BCUT2D eigenvalue weighted by atomic mass is 10.0. The Bertz CT molecular complexity index is 480. The number of anilines is 2. The van der Waals surface area contributed by atoms with Crippen molar-refractivity contribution in [2.24, 2.45) is 5.73 Å². The average molecular weight is 252 g/mol. The van der Waals surface area contributed by atoms with Gasteiger partial charge < -0.3 is 21.9 Å². The zero-order valence-corrected chi connectivity index (χ0v) is 10.2. The van der Waals surface area contributed by atoms with Gasteiger partial charge in [-0.2, -0.15) is 0 Å². The third-order valence-electron chi connectivity index (χ3n) is 2.11. The summed E-state index contributed by atoms with van der Waals surface area (Å²) >= 11 is 0. The van der Waals surface area contributed by atoms with Crippen LogP contribution < -0.4 is 16.8 Å². The van der Waals surface area contributed by atoms with E-state index in [4.69, 9.17) is 16.6 Å². The minimum atomic E-state index is -1.20. The van der Waals surface area contributed by atoms with Crippen molar-refractivity contribution in [3.8, 4) is 0 Å². The second-order valence-corrected chi connectivity index (χ2v) is 4.67. The first-order chi connectivity index (χ1) is 8.20. The molecular formula is C11H16N4O3. The standard InChI is InChI=1S/C11H16N4O3/c1-11(2,13)3-8(16)15-7-5-14-4-6(9(7)12)10(17)18/h4-5H,3,13H2,1-2H3,(H2,12,14)(H,15,16)(H,17,18). The monoisotopic (exact) mass is 252 g/mol. The van der Waals surface area contributed by atoms with Gasteiger partial charge in [-0.05, 0) is 13.8 Å². The highest BCUT2D eigenvalue weighted by molar-refractivity contribution is 6.01. The number of hydrogen-bond donors (Lipinski definition) is 4. The molecule has 7 heteroatoms. The fourth-order valence-corrected chi connectivity index (χ4v) is 1.35. The highest BCUT2D eigenvalue weighted by Crippen LogP contribution is 2.21. The lowest BCUT2D eigenvalue weighted by Gasteiger charge is -2.18. The summed E-state index contributed by atoms with van der Waals surface area (Å²) in [7, 11) is 0. The molecule has 0 aliphatic heterocycles. The molecule has 1 amide bonds. The van der Waals surface area contributed by atoms with Gasteiger partial charge in [0.15, 0.2) is 0 Å². The van der Waals surface area contributed by atoms with Crippen LogP contribution in [-0.4, -0.2) is 27.5 Å². The molecule has 0 fully saturated rings. The predicted molar refractivity (Wildman–Crippen MR) is 67.1 cm³/mol. The number of rotatable bonds is 4. The number of carboxylic acid groups (broad SMARTS) is 1. The first kappa shape index (κ1) is 13.9. The van der Waals surface area contributed by atoms with Crippen molar-refractivity contribution < 1.29 is 14.7 Å². The number of nitrogens with zero attached hydrogens (tertiary/aromatic N) is 1. The number of amides is 1. The van der Waals surface area contributed by atoms with Crippen molar-refractivity contribution in [2.45, 2.75) is 25.8 Å². The number of nitrogens with one attached hydrogen (secondary N) is 1. The molecule has 1 aromatic heterocycles. The maximum absolute atomic E-state index is 11.6. The van der Waals surface area contributed by atoms with Crippen LogP contribution in [0.5, 0.6) is 0 Å². The van der Waals surface area contributed by atoms with Crippen molar-refractivity contribution in [3.63, 3.8) is 0 Å². The van der Waals surface area contributed by atoms with Gasteiger partial charge in [0.25, 0.3) is 0 Å². The number of hydrogen-bond acceptors (Lipinski definition) is 5. The molecule has 1 heterocycles. The van der Waals surface area contributed by atoms with E-state index < -0.39 is 11.5 Å². The SMILES string of the molecule is CC(C)(N)CC(=O)Nc1cncc(C(=O)O)c1N. The van der Waals surface area contributed by atoms with Crippen LogP contribution in [0.2, 0.25) is 0 Å². The smallest absolute Gasteiger partial charge is 0.339 e. The lowest BCUT2D eigenvalue weighted by molar-refractivity contribution is -0.117. The molecule has 0 aliphatic carbocycles. The van der Waals surface area contributed by atoms with Gasteiger partial charge in [0.1, 0.15) is 5.56 Å². The van der Waals surface area contributed by atoms with Crippen molar-refractivity contribution in [1.82, 2.24) is 4.98 Å². The van der Waals surface area contributed by atoms with Gasteiger partial charge >= 0.3 is 5.97 Å². The zero-order valence-electron chi connectivity index (χ0n) is 10.2. The highest BCUT2D eigenvalue weighted by Gasteiger charge is 2.18. The van der Waals surface area contributed by atoms with Gasteiger partial charge in [-0.25, -0.2) is 4.79 Å². The van der Waals surface area contributed by atoms with E-state index in [0.717, 1.165) is 6.20 Å². The molecule has 1 aromatic rings. The van der Waals surface area contributed by atoms with Crippen LogP contribution in [0.4, 0.5) is 11.4 Å². The van der Waals surface area contributed by atoms with Gasteiger partial charge in [0, 0.05) is 18.2 Å². The van der Waals surface area contributed by atoms with E-state index in [1.807, 2.05) is 0 Å². The molecule has 0 saturated heterocycles. The second-order valence-electron chi connectivity index (χ2n) is 4.67. The van der Waals surface area contributed by atoms with E-state index in [-0.39, 0.29) is 29.3 Å². The summed E-state index contributed by atoms with van der Waals surface area (Å²) < 4.78 is 0. The molecule has 0 atom stereocenters. The number of carbonyl (C=O) groups is 2. The first-order valence-electron chi connectivity index (χ1n) is 5.26. The molecule has 7 nitrogen and oxygen atoms in total. The molecule has 0 aromatic carbocycles. The molecule has 0 radical (unpaired) electrons. The summed E-state index contributed by atoms with van der Waals surface area (Å²) in [5.74, 6) is -1.55. The van der Waals surface area contributed by atoms with E-state index in [0.29, 0.717) is 0 Å². The average Bonchev–Trinajstić information content (AvgIpc) is 2.17. The van der Waals surface area contributed by atoms with Crippen molar-refractivity contribution in [2.75, 3.05) is 11.1 Å². The van der Waals surface area contributed by atoms with Crippen molar-refractivity contribution in [3.05, 3.63) is 18.0 Å². The van der Waals surface area contributed by atoms with Gasteiger partial charge in [0.05, 0.1) is 17.6 Å².